The number of aromatic nitrogens is 3. The molecule has 0 aliphatic carbocycles. The van der Waals surface area contributed by atoms with Crippen LogP contribution in [0.2, 0.25) is 5.28 Å². The van der Waals surface area contributed by atoms with Gasteiger partial charge in [-0.05, 0) is 25.4 Å². The largest absolute Gasteiger partial charge is 0.352 e. The zero-order valence-electron chi connectivity index (χ0n) is 8.74. The number of nitrogens with one attached hydrogen (secondary N) is 1. The smallest absolute Gasteiger partial charge is 0.230 e. The van der Waals surface area contributed by atoms with Crippen molar-refractivity contribution in [1.82, 2.24) is 15.0 Å². The van der Waals surface area contributed by atoms with E-state index in [1.54, 1.807) is 4.90 Å². The molecule has 0 spiro atoms. The summed E-state index contributed by atoms with van der Waals surface area (Å²) in [6, 6.07) is 0.267. The summed E-state index contributed by atoms with van der Waals surface area (Å²) in [7, 11) is 3.70. The molecule has 0 amide bonds. The summed E-state index contributed by atoms with van der Waals surface area (Å²) in [5, 5.41) is 3.27. The fourth-order valence-electron chi connectivity index (χ4n) is 0.862. The molecule has 0 atom stereocenters. The number of hydrogen-bond donors (Lipinski definition) is 1. The minimum absolute atomic E-state index is 0.201. The van der Waals surface area contributed by atoms with Gasteiger partial charge in [0.2, 0.25) is 17.2 Å². The Kier molecular flexibility index (Phi) is 3.46. The quantitative estimate of drug-likeness (QED) is 0.827. The molecule has 1 rings (SSSR count). The molecule has 0 radical (unpaired) electrons. The molecule has 6 heteroatoms. The molecular weight excluding hydrogens is 202 g/mol. The second kappa shape index (κ2) is 4.41. The van der Waals surface area contributed by atoms with E-state index in [9.17, 15) is 0 Å². The normalized spacial score (nSPS) is 10.4. The van der Waals surface area contributed by atoms with Crippen molar-refractivity contribution in [1.29, 1.82) is 0 Å². The van der Waals surface area contributed by atoms with Crippen LogP contribution in [0.4, 0.5) is 11.9 Å². The third-order valence-electron chi connectivity index (χ3n) is 1.41. The SMILES string of the molecule is CC(C)Nc1nc(Cl)nc(N(C)C)n1. The standard InChI is InChI=1S/C8H14ClN5/c1-5(2)10-7-11-6(9)12-8(13-7)14(3)4/h5H,1-4H3,(H,10,11,12,13). The highest BCUT2D eigenvalue weighted by atomic mass is 35.5. The van der Waals surface area contributed by atoms with Crippen molar-refractivity contribution in [3.05, 3.63) is 5.28 Å². The first kappa shape index (κ1) is 11.0. The van der Waals surface area contributed by atoms with Crippen molar-refractivity contribution < 1.29 is 0 Å². The van der Waals surface area contributed by atoms with Crippen molar-refractivity contribution in [2.24, 2.45) is 0 Å². The molecule has 0 aromatic carbocycles. The van der Waals surface area contributed by atoms with Crippen molar-refractivity contribution in [2.75, 3.05) is 24.3 Å². The van der Waals surface area contributed by atoms with Crippen LogP contribution in [0.25, 0.3) is 0 Å². The zero-order chi connectivity index (χ0) is 10.7. The van der Waals surface area contributed by atoms with Crippen molar-refractivity contribution >= 4 is 23.5 Å². The van der Waals surface area contributed by atoms with Crippen LogP contribution in [0.5, 0.6) is 0 Å². The lowest BCUT2D eigenvalue weighted by Crippen LogP contribution is -2.17. The fourth-order valence-corrected chi connectivity index (χ4v) is 1.02. The topological polar surface area (TPSA) is 53.9 Å². The molecule has 0 bridgehead atoms. The molecule has 0 unspecified atom stereocenters. The first-order valence-corrected chi connectivity index (χ1v) is 4.72. The monoisotopic (exact) mass is 215 g/mol. The number of hydrogen-bond acceptors (Lipinski definition) is 5. The van der Waals surface area contributed by atoms with E-state index in [0.29, 0.717) is 11.9 Å². The highest BCUT2D eigenvalue weighted by molar-refractivity contribution is 6.28. The third-order valence-corrected chi connectivity index (χ3v) is 1.58. The van der Waals surface area contributed by atoms with Crippen LogP contribution in [0, 0.1) is 0 Å². The van der Waals surface area contributed by atoms with Crippen molar-refractivity contribution in [3.8, 4) is 0 Å². The molecule has 1 heterocycles. The second-order valence-corrected chi connectivity index (χ2v) is 3.76. The highest BCUT2D eigenvalue weighted by Gasteiger charge is 2.06. The van der Waals surface area contributed by atoms with E-state index in [-0.39, 0.29) is 11.3 Å². The Balaban J connectivity index is 2.95. The summed E-state index contributed by atoms with van der Waals surface area (Å²) in [6.45, 7) is 4.01. The van der Waals surface area contributed by atoms with E-state index < -0.39 is 0 Å². The third kappa shape index (κ3) is 2.99. The van der Waals surface area contributed by atoms with Crippen LogP contribution in [-0.4, -0.2) is 35.1 Å². The van der Waals surface area contributed by atoms with Gasteiger partial charge in [-0.25, -0.2) is 0 Å². The average Bonchev–Trinajstić information content (AvgIpc) is 2.01. The molecule has 5 nitrogen and oxygen atoms in total. The Hall–Kier alpha value is -1.10. The van der Waals surface area contributed by atoms with Gasteiger partial charge in [0.05, 0.1) is 0 Å². The van der Waals surface area contributed by atoms with Gasteiger partial charge in [-0.15, -0.1) is 0 Å². The lowest BCUT2D eigenvalue weighted by atomic mass is 10.4. The maximum atomic E-state index is 5.75. The van der Waals surface area contributed by atoms with E-state index in [4.69, 9.17) is 11.6 Å². The second-order valence-electron chi connectivity index (χ2n) is 3.42. The fraction of sp³-hybridized carbons (Fsp3) is 0.625. The summed E-state index contributed by atoms with van der Waals surface area (Å²) in [5.41, 5.74) is 0. The van der Waals surface area contributed by atoms with Gasteiger partial charge in [-0.2, -0.15) is 15.0 Å². The first-order chi connectivity index (χ1) is 6.49. The van der Waals surface area contributed by atoms with Crippen LogP contribution in [0.1, 0.15) is 13.8 Å². The molecule has 1 aromatic rings. The molecule has 0 saturated heterocycles. The Morgan fingerprint density at radius 3 is 2.36 bits per heavy atom. The van der Waals surface area contributed by atoms with Gasteiger partial charge in [0, 0.05) is 20.1 Å². The summed E-state index contributed by atoms with van der Waals surface area (Å²) in [4.78, 5) is 13.9. The Morgan fingerprint density at radius 2 is 1.86 bits per heavy atom. The minimum atomic E-state index is 0.201. The molecule has 0 saturated carbocycles. The van der Waals surface area contributed by atoms with Crippen LogP contribution >= 0.6 is 11.6 Å². The van der Waals surface area contributed by atoms with Gasteiger partial charge in [0.1, 0.15) is 0 Å². The predicted molar refractivity (Wildman–Crippen MR) is 57.9 cm³/mol. The summed E-state index contributed by atoms with van der Waals surface area (Å²) < 4.78 is 0. The van der Waals surface area contributed by atoms with Gasteiger partial charge >= 0.3 is 0 Å². The van der Waals surface area contributed by atoms with E-state index in [1.807, 2.05) is 27.9 Å². The molecule has 1 aromatic heterocycles. The van der Waals surface area contributed by atoms with Crippen molar-refractivity contribution in [2.45, 2.75) is 19.9 Å². The number of rotatable bonds is 3. The summed E-state index contributed by atoms with van der Waals surface area (Å²) in [5.74, 6) is 1.05. The number of halogens is 1. The first-order valence-electron chi connectivity index (χ1n) is 4.34. The number of nitrogens with zero attached hydrogens (tertiary/aromatic N) is 4. The molecule has 14 heavy (non-hydrogen) atoms. The van der Waals surface area contributed by atoms with E-state index in [0.717, 1.165) is 0 Å². The van der Waals surface area contributed by atoms with Crippen LogP contribution in [0.15, 0.2) is 0 Å². The number of anilines is 2. The molecular formula is C8H14ClN5. The molecule has 0 aliphatic heterocycles. The van der Waals surface area contributed by atoms with E-state index in [2.05, 4.69) is 20.3 Å². The van der Waals surface area contributed by atoms with Gasteiger partial charge in [-0.1, -0.05) is 0 Å². The maximum Gasteiger partial charge on any atom is 0.230 e. The average molecular weight is 216 g/mol. The summed E-state index contributed by atoms with van der Waals surface area (Å²) in [6.07, 6.45) is 0. The highest BCUT2D eigenvalue weighted by Crippen LogP contribution is 2.11. The molecule has 0 fully saturated rings. The maximum absolute atomic E-state index is 5.75. The Morgan fingerprint density at radius 1 is 1.21 bits per heavy atom. The molecule has 78 valence electrons. The van der Waals surface area contributed by atoms with Gasteiger partial charge in [-0.3, -0.25) is 0 Å². The van der Waals surface area contributed by atoms with Crippen LogP contribution in [-0.2, 0) is 0 Å². The lowest BCUT2D eigenvalue weighted by molar-refractivity contribution is 0.859. The predicted octanol–water partition coefficient (Wildman–Crippen LogP) is 1.41. The van der Waals surface area contributed by atoms with Crippen LogP contribution in [0.3, 0.4) is 0 Å². The molecule has 0 aliphatic rings. The van der Waals surface area contributed by atoms with E-state index in [1.165, 1.54) is 0 Å². The lowest BCUT2D eigenvalue weighted by Gasteiger charge is -2.13. The molecule has 1 N–H and O–H groups in total. The minimum Gasteiger partial charge on any atom is -0.352 e. The van der Waals surface area contributed by atoms with Gasteiger partial charge in [0.25, 0.3) is 0 Å². The Bertz CT molecular complexity index is 313. The van der Waals surface area contributed by atoms with Crippen LogP contribution < -0.4 is 10.2 Å². The summed E-state index contributed by atoms with van der Waals surface area (Å²) >= 11 is 5.75. The van der Waals surface area contributed by atoms with Crippen molar-refractivity contribution in [3.63, 3.8) is 0 Å². The van der Waals surface area contributed by atoms with E-state index >= 15 is 0 Å². The zero-order valence-corrected chi connectivity index (χ0v) is 9.50. The van der Waals surface area contributed by atoms with Gasteiger partial charge in [0.15, 0.2) is 0 Å². The van der Waals surface area contributed by atoms with Gasteiger partial charge < -0.3 is 10.2 Å². The Labute approximate surface area is 88.5 Å².